The first-order chi connectivity index (χ1) is 12.7. The molecule has 0 saturated heterocycles. The quantitative estimate of drug-likeness (QED) is 0.618. The van der Waals surface area contributed by atoms with E-state index in [4.69, 9.17) is 0 Å². The number of carbonyl (C=O) groups excluding carboxylic acids is 1. The summed E-state index contributed by atoms with van der Waals surface area (Å²) in [4.78, 5) is 25.2. The van der Waals surface area contributed by atoms with Crippen molar-refractivity contribution < 1.29 is 4.79 Å². The maximum absolute atomic E-state index is 12.1. The molecule has 0 aliphatic heterocycles. The number of amides is 1. The summed E-state index contributed by atoms with van der Waals surface area (Å²) in [5.41, 5.74) is 4.29. The van der Waals surface area contributed by atoms with Crippen molar-refractivity contribution in [3.8, 4) is 5.82 Å². The number of aryl methyl sites for hydroxylation is 1. The molecule has 0 saturated carbocycles. The molecule has 3 aromatic heterocycles. The molecule has 0 bridgehead atoms. The number of rotatable bonds is 4. The molecule has 26 heavy (non-hydrogen) atoms. The average molecular weight is 343 g/mol. The lowest BCUT2D eigenvalue weighted by Crippen LogP contribution is -2.23. The molecule has 128 valence electrons. The zero-order chi connectivity index (χ0) is 17.9. The van der Waals surface area contributed by atoms with Gasteiger partial charge < -0.3 is 5.32 Å². The lowest BCUT2D eigenvalue weighted by atomic mass is 10.2. The second kappa shape index (κ2) is 6.76. The van der Waals surface area contributed by atoms with E-state index in [0.717, 1.165) is 28.1 Å². The van der Waals surface area contributed by atoms with Crippen LogP contribution >= 0.6 is 0 Å². The van der Waals surface area contributed by atoms with Gasteiger partial charge in [-0.2, -0.15) is 0 Å². The van der Waals surface area contributed by atoms with Crippen LogP contribution in [-0.4, -0.2) is 25.4 Å². The summed E-state index contributed by atoms with van der Waals surface area (Å²) in [7, 11) is 0. The van der Waals surface area contributed by atoms with Gasteiger partial charge in [0.25, 0.3) is 5.91 Å². The van der Waals surface area contributed by atoms with Gasteiger partial charge in [-0.3, -0.25) is 14.3 Å². The molecule has 0 unspecified atom stereocenters. The van der Waals surface area contributed by atoms with E-state index in [2.05, 4.69) is 20.3 Å². The van der Waals surface area contributed by atoms with Crippen molar-refractivity contribution in [2.45, 2.75) is 13.5 Å². The van der Waals surface area contributed by atoms with Crippen molar-refractivity contribution >= 4 is 16.9 Å². The summed E-state index contributed by atoms with van der Waals surface area (Å²) in [6, 6.07) is 15.4. The van der Waals surface area contributed by atoms with Crippen LogP contribution in [0.2, 0.25) is 0 Å². The van der Waals surface area contributed by atoms with Gasteiger partial charge in [0.05, 0.1) is 16.6 Å². The highest BCUT2D eigenvalue weighted by Crippen LogP contribution is 2.16. The lowest BCUT2D eigenvalue weighted by Gasteiger charge is -2.07. The number of carbonyl (C=O) groups is 1. The Kier molecular flexibility index (Phi) is 4.15. The Bertz CT molecular complexity index is 1050. The van der Waals surface area contributed by atoms with Gasteiger partial charge in [0, 0.05) is 24.6 Å². The molecule has 1 aromatic carbocycles. The molecular weight excluding hydrogens is 326 g/mol. The van der Waals surface area contributed by atoms with Crippen LogP contribution in [0.1, 0.15) is 21.6 Å². The smallest absolute Gasteiger partial charge is 0.253 e. The van der Waals surface area contributed by atoms with E-state index >= 15 is 0 Å². The fraction of sp³-hybridized carbons (Fsp3) is 0.100. The molecule has 3 heterocycles. The van der Waals surface area contributed by atoms with Crippen molar-refractivity contribution in [2.75, 3.05) is 0 Å². The largest absolute Gasteiger partial charge is 0.348 e. The van der Waals surface area contributed by atoms with Crippen molar-refractivity contribution in [3.63, 3.8) is 0 Å². The van der Waals surface area contributed by atoms with E-state index in [1.807, 2.05) is 54.0 Å². The SMILES string of the molecule is Cc1ccc(C(=O)NCc2ccc(-n3cnc4ccccc43)nc2)cn1. The molecule has 0 fully saturated rings. The van der Waals surface area contributed by atoms with Gasteiger partial charge >= 0.3 is 0 Å². The third kappa shape index (κ3) is 3.17. The molecule has 4 aromatic rings. The van der Waals surface area contributed by atoms with Gasteiger partial charge in [-0.1, -0.05) is 18.2 Å². The third-order valence-corrected chi connectivity index (χ3v) is 4.14. The normalized spacial score (nSPS) is 10.8. The van der Waals surface area contributed by atoms with Crippen LogP contribution in [0.5, 0.6) is 0 Å². The zero-order valence-electron chi connectivity index (χ0n) is 14.3. The number of fused-ring (bicyclic) bond motifs is 1. The highest BCUT2D eigenvalue weighted by molar-refractivity contribution is 5.93. The summed E-state index contributed by atoms with van der Waals surface area (Å²) in [6.07, 6.45) is 5.10. The van der Waals surface area contributed by atoms with Gasteiger partial charge in [0.2, 0.25) is 0 Å². The monoisotopic (exact) mass is 343 g/mol. The number of pyridine rings is 2. The van der Waals surface area contributed by atoms with E-state index in [0.29, 0.717) is 12.1 Å². The summed E-state index contributed by atoms with van der Waals surface area (Å²) < 4.78 is 1.94. The van der Waals surface area contributed by atoms with Crippen LogP contribution in [0.25, 0.3) is 16.9 Å². The van der Waals surface area contributed by atoms with Gasteiger partial charge in [-0.25, -0.2) is 9.97 Å². The molecule has 0 atom stereocenters. The van der Waals surface area contributed by atoms with Gasteiger partial charge in [0.1, 0.15) is 12.1 Å². The molecule has 6 heteroatoms. The highest BCUT2D eigenvalue weighted by Gasteiger charge is 2.07. The van der Waals surface area contributed by atoms with Crippen LogP contribution in [0, 0.1) is 6.92 Å². The van der Waals surface area contributed by atoms with E-state index in [1.54, 1.807) is 24.8 Å². The zero-order valence-corrected chi connectivity index (χ0v) is 14.3. The Labute approximate surface area is 150 Å². The molecule has 0 aliphatic carbocycles. The standard InChI is InChI=1S/C20H17N5O/c1-14-6-8-16(12-21-14)20(26)23-11-15-7-9-19(22-10-15)25-13-24-17-4-2-3-5-18(17)25/h2-10,12-13H,11H2,1H3,(H,23,26). The molecule has 1 amide bonds. The first-order valence-electron chi connectivity index (χ1n) is 8.29. The highest BCUT2D eigenvalue weighted by atomic mass is 16.1. The number of benzene rings is 1. The summed E-state index contributed by atoms with van der Waals surface area (Å²) in [5.74, 6) is 0.638. The van der Waals surface area contributed by atoms with Crippen LogP contribution in [0.15, 0.2) is 67.3 Å². The first-order valence-corrected chi connectivity index (χ1v) is 8.29. The Morgan fingerprint density at radius 3 is 2.65 bits per heavy atom. The van der Waals surface area contributed by atoms with Crippen molar-refractivity contribution in [1.29, 1.82) is 0 Å². The van der Waals surface area contributed by atoms with Gasteiger partial charge in [-0.05, 0) is 42.8 Å². The van der Waals surface area contributed by atoms with Crippen LogP contribution < -0.4 is 5.32 Å². The van der Waals surface area contributed by atoms with Gasteiger partial charge in [0.15, 0.2) is 0 Å². The maximum Gasteiger partial charge on any atom is 0.253 e. The number of nitrogens with zero attached hydrogens (tertiary/aromatic N) is 4. The second-order valence-corrected chi connectivity index (χ2v) is 6.00. The number of para-hydroxylation sites is 2. The first kappa shape index (κ1) is 16.0. The van der Waals surface area contributed by atoms with E-state index < -0.39 is 0 Å². The molecule has 0 spiro atoms. The van der Waals surface area contributed by atoms with E-state index in [-0.39, 0.29) is 5.91 Å². The fourth-order valence-electron chi connectivity index (χ4n) is 2.69. The summed E-state index contributed by atoms with van der Waals surface area (Å²) in [5, 5.41) is 2.88. The minimum absolute atomic E-state index is 0.151. The molecule has 0 aliphatic rings. The van der Waals surface area contributed by atoms with E-state index in [9.17, 15) is 4.79 Å². The van der Waals surface area contributed by atoms with Crippen molar-refractivity contribution in [3.05, 3.63) is 84.1 Å². The minimum atomic E-state index is -0.151. The van der Waals surface area contributed by atoms with Gasteiger partial charge in [-0.15, -0.1) is 0 Å². The molecular formula is C20H17N5O. The van der Waals surface area contributed by atoms with Crippen molar-refractivity contribution in [1.82, 2.24) is 24.8 Å². The third-order valence-electron chi connectivity index (χ3n) is 4.14. The second-order valence-electron chi connectivity index (χ2n) is 6.00. The number of hydrogen-bond donors (Lipinski definition) is 1. The van der Waals surface area contributed by atoms with Crippen molar-refractivity contribution in [2.24, 2.45) is 0 Å². The number of imidazole rings is 1. The maximum atomic E-state index is 12.1. The number of hydrogen-bond acceptors (Lipinski definition) is 4. The van der Waals surface area contributed by atoms with Crippen LogP contribution in [0.3, 0.4) is 0 Å². The van der Waals surface area contributed by atoms with E-state index in [1.165, 1.54) is 0 Å². The fourth-order valence-corrected chi connectivity index (χ4v) is 2.69. The minimum Gasteiger partial charge on any atom is -0.348 e. The summed E-state index contributed by atoms with van der Waals surface area (Å²) in [6.45, 7) is 2.29. The summed E-state index contributed by atoms with van der Waals surface area (Å²) >= 11 is 0. The average Bonchev–Trinajstić information content (AvgIpc) is 3.11. The Morgan fingerprint density at radius 1 is 1.00 bits per heavy atom. The topological polar surface area (TPSA) is 72.7 Å². The number of aromatic nitrogens is 4. The molecule has 0 radical (unpaired) electrons. The number of nitrogens with one attached hydrogen (secondary N) is 1. The Balaban J connectivity index is 1.46. The molecule has 6 nitrogen and oxygen atoms in total. The van der Waals surface area contributed by atoms with Crippen LogP contribution in [-0.2, 0) is 6.54 Å². The predicted octanol–water partition coefficient (Wildman–Crippen LogP) is 3.05. The molecule has 1 N–H and O–H groups in total. The predicted molar refractivity (Wildman–Crippen MR) is 99.0 cm³/mol. The Morgan fingerprint density at radius 2 is 1.88 bits per heavy atom. The molecule has 4 rings (SSSR count). The Hall–Kier alpha value is -3.54. The lowest BCUT2D eigenvalue weighted by molar-refractivity contribution is 0.0950. The van der Waals surface area contributed by atoms with Crippen LogP contribution in [0.4, 0.5) is 0 Å².